The number of hydrogen-bond acceptors (Lipinski definition) is 5. The second kappa shape index (κ2) is 5.42. The first-order valence-corrected chi connectivity index (χ1v) is 8.96. The molecule has 0 aliphatic rings. The summed E-state index contributed by atoms with van der Waals surface area (Å²) in [5.74, 6) is 0.294. The normalized spacial score (nSPS) is 11.8. The highest BCUT2D eigenvalue weighted by Gasteiger charge is 2.25. The Labute approximate surface area is 144 Å². The monoisotopic (exact) mass is 350 g/mol. The largest absolute Gasteiger partial charge is 0.383 e. The molecule has 3 aromatic heterocycles. The molecule has 0 spiro atoms. The Hall–Kier alpha value is -3.19. The summed E-state index contributed by atoms with van der Waals surface area (Å²) < 4.78 is 27.7. The Balaban J connectivity index is 2.23. The minimum Gasteiger partial charge on any atom is -0.383 e. The van der Waals surface area contributed by atoms with Gasteiger partial charge in [0.05, 0.1) is 16.6 Å². The highest BCUT2D eigenvalue weighted by atomic mass is 32.2. The summed E-state index contributed by atoms with van der Waals surface area (Å²) in [5.41, 5.74) is 7.30. The van der Waals surface area contributed by atoms with Gasteiger partial charge in [-0.1, -0.05) is 30.9 Å². The molecule has 2 N–H and O–H groups in total. The molecule has 6 nitrogen and oxygen atoms in total. The van der Waals surface area contributed by atoms with E-state index in [0.29, 0.717) is 33.3 Å². The molecular weight excluding hydrogens is 336 g/mol. The van der Waals surface area contributed by atoms with E-state index in [0.717, 1.165) is 0 Å². The van der Waals surface area contributed by atoms with E-state index in [1.165, 1.54) is 10.2 Å². The predicted octanol–water partition coefficient (Wildman–Crippen LogP) is 3.05. The van der Waals surface area contributed by atoms with Crippen LogP contribution in [-0.4, -0.2) is 22.4 Å². The van der Waals surface area contributed by atoms with Crippen LogP contribution in [0.3, 0.4) is 0 Å². The van der Waals surface area contributed by atoms with Gasteiger partial charge in [-0.3, -0.25) is 0 Å². The molecule has 0 bridgehead atoms. The van der Waals surface area contributed by atoms with Gasteiger partial charge in [0.25, 0.3) is 10.0 Å². The molecule has 7 heteroatoms. The van der Waals surface area contributed by atoms with Gasteiger partial charge in [0.15, 0.2) is 5.65 Å². The summed E-state index contributed by atoms with van der Waals surface area (Å²) >= 11 is 0. The molecule has 4 aromatic rings. The molecule has 0 saturated heterocycles. The number of pyridine rings is 2. The highest BCUT2D eigenvalue weighted by molar-refractivity contribution is 7.90. The number of rotatable bonds is 3. The van der Waals surface area contributed by atoms with Crippen LogP contribution >= 0.6 is 0 Å². The molecule has 0 radical (unpaired) electrons. The van der Waals surface area contributed by atoms with Gasteiger partial charge in [-0.15, -0.1) is 0 Å². The van der Waals surface area contributed by atoms with E-state index < -0.39 is 10.0 Å². The quantitative estimate of drug-likeness (QED) is 0.613. The number of aromatic nitrogens is 3. The molecule has 124 valence electrons. The molecule has 3 heterocycles. The van der Waals surface area contributed by atoms with Crippen molar-refractivity contribution in [1.82, 2.24) is 13.9 Å². The van der Waals surface area contributed by atoms with Crippen LogP contribution in [0, 0.1) is 0 Å². The molecule has 0 aliphatic heterocycles. The maximum absolute atomic E-state index is 13.2. The molecule has 0 saturated carbocycles. The summed E-state index contributed by atoms with van der Waals surface area (Å²) in [6.45, 7) is 3.78. The van der Waals surface area contributed by atoms with Crippen molar-refractivity contribution in [3.05, 3.63) is 67.0 Å². The highest BCUT2D eigenvalue weighted by Crippen LogP contribution is 2.35. The first-order chi connectivity index (χ1) is 12.1. The van der Waals surface area contributed by atoms with Gasteiger partial charge in [-0.2, -0.15) is 0 Å². The molecule has 0 atom stereocenters. The van der Waals surface area contributed by atoms with Crippen LogP contribution in [0.1, 0.15) is 5.56 Å². The van der Waals surface area contributed by atoms with Crippen molar-refractivity contribution >= 4 is 43.9 Å². The minimum atomic E-state index is -3.85. The first-order valence-electron chi connectivity index (χ1n) is 7.52. The van der Waals surface area contributed by atoms with Crippen molar-refractivity contribution in [2.24, 2.45) is 0 Å². The second-order valence-electron chi connectivity index (χ2n) is 5.48. The van der Waals surface area contributed by atoms with Gasteiger partial charge in [-0.25, -0.2) is 22.4 Å². The zero-order valence-electron chi connectivity index (χ0n) is 13.1. The van der Waals surface area contributed by atoms with Crippen molar-refractivity contribution in [2.45, 2.75) is 4.90 Å². The lowest BCUT2D eigenvalue weighted by molar-refractivity contribution is 0.590. The van der Waals surface area contributed by atoms with Gasteiger partial charge in [0.2, 0.25) is 0 Å². The number of benzene rings is 1. The molecule has 0 fully saturated rings. The van der Waals surface area contributed by atoms with Gasteiger partial charge in [-0.05, 0) is 24.3 Å². The van der Waals surface area contributed by atoms with E-state index in [2.05, 4.69) is 16.5 Å². The fourth-order valence-corrected chi connectivity index (χ4v) is 4.47. The number of nitrogens with two attached hydrogens (primary N) is 1. The Morgan fingerprint density at radius 1 is 1.08 bits per heavy atom. The van der Waals surface area contributed by atoms with Gasteiger partial charge >= 0.3 is 0 Å². The zero-order valence-corrected chi connectivity index (χ0v) is 13.9. The number of nitrogens with zero attached hydrogens (tertiary/aromatic N) is 3. The van der Waals surface area contributed by atoms with Crippen LogP contribution in [0.2, 0.25) is 0 Å². The average molecular weight is 350 g/mol. The molecule has 0 amide bonds. The van der Waals surface area contributed by atoms with Crippen LogP contribution < -0.4 is 5.73 Å². The van der Waals surface area contributed by atoms with Crippen LogP contribution in [-0.2, 0) is 10.0 Å². The van der Waals surface area contributed by atoms with E-state index in [9.17, 15) is 8.42 Å². The molecule has 25 heavy (non-hydrogen) atoms. The maximum atomic E-state index is 13.2. The Kier molecular flexibility index (Phi) is 3.33. The van der Waals surface area contributed by atoms with Crippen molar-refractivity contribution in [3.8, 4) is 0 Å². The van der Waals surface area contributed by atoms with E-state index in [-0.39, 0.29) is 4.90 Å². The lowest BCUT2D eigenvalue weighted by atomic mass is 10.1. The fraction of sp³-hybridized carbons (Fsp3) is 0. The summed E-state index contributed by atoms with van der Waals surface area (Å²) in [5, 5.41) is 1.35. The summed E-state index contributed by atoms with van der Waals surface area (Å²) in [6, 6.07) is 11.8. The lowest BCUT2D eigenvalue weighted by Crippen LogP contribution is -2.13. The Bertz CT molecular complexity index is 1230. The smallest absolute Gasteiger partial charge is 0.269 e. The minimum absolute atomic E-state index is 0.177. The third-order valence-electron chi connectivity index (χ3n) is 4.08. The maximum Gasteiger partial charge on any atom is 0.269 e. The summed E-state index contributed by atoms with van der Waals surface area (Å²) in [6.07, 6.45) is 4.60. The van der Waals surface area contributed by atoms with Crippen molar-refractivity contribution < 1.29 is 8.42 Å². The summed E-state index contributed by atoms with van der Waals surface area (Å²) in [4.78, 5) is 8.61. The van der Waals surface area contributed by atoms with E-state index >= 15 is 0 Å². The summed E-state index contributed by atoms with van der Waals surface area (Å²) in [7, 11) is -3.85. The Morgan fingerprint density at radius 2 is 1.84 bits per heavy atom. The number of nitrogen functional groups attached to an aromatic ring is 1. The van der Waals surface area contributed by atoms with Gasteiger partial charge in [0.1, 0.15) is 5.82 Å². The lowest BCUT2D eigenvalue weighted by Gasteiger charge is -2.09. The first kappa shape index (κ1) is 15.3. The molecule has 1 aromatic carbocycles. The van der Waals surface area contributed by atoms with E-state index in [4.69, 9.17) is 5.73 Å². The van der Waals surface area contributed by atoms with Crippen LogP contribution in [0.5, 0.6) is 0 Å². The predicted molar refractivity (Wildman–Crippen MR) is 98.6 cm³/mol. The van der Waals surface area contributed by atoms with Gasteiger partial charge in [0, 0.05) is 22.5 Å². The second-order valence-corrected chi connectivity index (χ2v) is 7.27. The standard InChI is InChI=1S/C18H14N4O2S/c1-2-13-16-14-9-6-10-20-18(14)22(15(16)11-21-17(13)19)25(23,24)12-7-4-3-5-8-12/h2-11H,1H2,(H2,19,21). The van der Waals surface area contributed by atoms with Crippen molar-refractivity contribution in [1.29, 1.82) is 0 Å². The van der Waals surface area contributed by atoms with Crippen LogP contribution in [0.15, 0.2) is 66.3 Å². The molecule has 4 rings (SSSR count). The fourth-order valence-electron chi connectivity index (χ4n) is 2.98. The van der Waals surface area contributed by atoms with Crippen LogP contribution in [0.25, 0.3) is 28.0 Å². The van der Waals surface area contributed by atoms with E-state index in [1.54, 1.807) is 48.7 Å². The van der Waals surface area contributed by atoms with Crippen molar-refractivity contribution in [2.75, 3.05) is 5.73 Å². The number of anilines is 1. The number of fused-ring (bicyclic) bond motifs is 3. The molecule has 0 unspecified atom stereocenters. The molecular formula is C18H14N4O2S. The third-order valence-corrected chi connectivity index (χ3v) is 5.80. The van der Waals surface area contributed by atoms with Crippen LogP contribution in [0.4, 0.5) is 5.82 Å². The average Bonchev–Trinajstić information content (AvgIpc) is 2.98. The Morgan fingerprint density at radius 3 is 2.56 bits per heavy atom. The van der Waals surface area contributed by atoms with Gasteiger partial charge < -0.3 is 5.73 Å². The third kappa shape index (κ3) is 2.13. The topological polar surface area (TPSA) is 90.9 Å². The number of hydrogen-bond donors (Lipinski definition) is 1. The zero-order chi connectivity index (χ0) is 17.6. The SMILES string of the molecule is C=Cc1c(N)ncc2c1c1cccnc1n2S(=O)(=O)c1ccccc1. The molecule has 0 aliphatic carbocycles. The van der Waals surface area contributed by atoms with E-state index in [1.807, 2.05) is 6.07 Å². The van der Waals surface area contributed by atoms with Crippen molar-refractivity contribution in [3.63, 3.8) is 0 Å².